The van der Waals surface area contributed by atoms with Crippen molar-refractivity contribution in [2.24, 2.45) is 5.16 Å². The maximum atomic E-state index is 11.9. The van der Waals surface area contributed by atoms with Gasteiger partial charge in [0.05, 0.1) is 17.7 Å². The first-order chi connectivity index (χ1) is 12.7. The van der Waals surface area contributed by atoms with Crippen molar-refractivity contribution in [2.75, 3.05) is 12.4 Å². The fraction of sp³-hybridized carbons (Fsp3) is 0.100. The number of amides is 1. The molecule has 5 nitrogen and oxygen atoms in total. The molecule has 0 atom stereocenters. The average Bonchev–Trinajstić information content (AvgIpc) is 3.18. The second-order valence-corrected chi connectivity index (χ2v) is 6.52. The van der Waals surface area contributed by atoms with Gasteiger partial charge >= 0.3 is 6.09 Å². The molecule has 1 N–H and O–H groups in total. The lowest BCUT2D eigenvalue weighted by atomic mass is 10.2. The van der Waals surface area contributed by atoms with Crippen LogP contribution in [0, 0.1) is 0 Å². The Balaban J connectivity index is 1.61. The molecule has 0 radical (unpaired) electrons. The highest BCUT2D eigenvalue weighted by molar-refractivity contribution is 7.17. The lowest BCUT2D eigenvalue weighted by molar-refractivity contribution is 0.166. The first kappa shape index (κ1) is 17.7. The highest BCUT2D eigenvalue weighted by Crippen LogP contribution is 2.28. The number of ether oxygens (including phenoxy) is 1. The fourth-order valence-corrected chi connectivity index (χ4v) is 3.21. The molecular weight excluding hydrogens is 348 g/mol. The second-order valence-electron chi connectivity index (χ2n) is 5.44. The molecule has 0 bridgehead atoms. The fourth-order valence-electron chi connectivity index (χ4n) is 2.26. The lowest BCUT2D eigenvalue weighted by Gasteiger charge is -2.04. The molecule has 3 aromatic rings. The number of nitrogens with zero attached hydrogens (tertiary/aromatic N) is 1. The van der Waals surface area contributed by atoms with E-state index < -0.39 is 6.09 Å². The number of methoxy groups -OCH3 is 1. The molecule has 0 saturated carbocycles. The number of thiophene rings is 1. The zero-order valence-corrected chi connectivity index (χ0v) is 15.2. The molecule has 0 unspecified atom stereocenters. The van der Waals surface area contributed by atoms with Gasteiger partial charge in [0.2, 0.25) is 0 Å². The Morgan fingerprint density at radius 2 is 1.73 bits per heavy atom. The molecular formula is C20H18N2O3S. The highest BCUT2D eigenvalue weighted by Gasteiger charge is 2.08. The van der Waals surface area contributed by atoms with Crippen molar-refractivity contribution in [3.8, 4) is 16.2 Å². The van der Waals surface area contributed by atoms with E-state index in [1.54, 1.807) is 49.6 Å². The molecule has 1 amide bonds. The number of benzene rings is 2. The number of carbonyl (C=O) groups is 1. The second kappa shape index (κ2) is 8.31. The summed E-state index contributed by atoms with van der Waals surface area (Å²) in [5.74, 6) is 0.713. The summed E-state index contributed by atoms with van der Waals surface area (Å²) in [6.07, 6.45) is -0.644. The van der Waals surface area contributed by atoms with Gasteiger partial charge < -0.3 is 4.74 Å². The number of hydrogen-bond donors (Lipinski definition) is 1. The van der Waals surface area contributed by atoms with Crippen molar-refractivity contribution in [3.63, 3.8) is 0 Å². The lowest BCUT2D eigenvalue weighted by Crippen LogP contribution is -2.11. The Morgan fingerprint density at radius 3 is 2.42 bits per heavy atom. The number of hydrogen-bond acceptors (Lipinski definition) is 5. The molecule has 0 aliphatic heterocycles. The Kier molecular flexibility index (Phi) is 5.66. The molecule has 0 spiro atoms. The van der Waals surface area contributed by atoms with E-state index in [9.17, 15) is 4.79 Å². The first-order valence-electron chi connectivity index (χ1n) is 7.98. The summed E-state index contributed by atoms with van der Waals surface area (Å²) in [5, 5.41) is 6.53. The van der Waals surface area contributed by atoms with E-state index in [-0.39, 0.29) is 0 Å². The summed E-state index contributed by atoms with van der Waals surface area (Å²) in [7, 11) is 1.59. The molecule has 0 fully saturated rings. The first-order valence-corrected chi connectivity index (χ1v) is 8.79. The van der Waals surface area contributed by atoms with Crippen LogP contribution in [0.3, 0.4) is 0 Å². The standard InChI is InChI=1S/C20H18N2O3S/c1-14(18-12-13-19(26-18)15-6-4-3-5-7-15)22-25-20(23)21-16-8-10-17(24-2)11-9-16/h3-13H,1-2H3,(H,21,23)/b22-14-. The predicted octanol–water partition coefficient (Wildman–Crippen LogP) is 5.40. The van der Waals surface area contributed by atoms with Crippen LogP contribution in [-0.2, 0) is 4.84 Å². The zero-order chi connectivity index (χ0) is 18.4. The Morgan fingerprint density at radius 1 is 1.00 bits per heavy atom. The molecule has 6 heteroatoms. The van der Waals surface area contributed by atoms with Gasteiger partial charge in [-0.25, -0.2) is 4.79 Å². The van der Waals surface area contributed by atoms with Crippen molar-refractivity contribution in [1.29, 1.82) is 0 Å². The Bertz CT molecular complexity index is 902. The van der Waals surface area contributed by atoms with E-state index in [1.165, 1.54) is 0 Å². The van der Waals surface area contributed by atoms with E-state index in [2.05, 4.69) is 22.6 Å². The molecule has 3 rings (SSSR count). The third-order valence-electron chi connectivity index (χ3n) is 3.62. The van der Waals surface area contributed by atoms with E-state index in [0.29, 0.717) is 17.1 Å². The quantitative estimate of drug-likeness (QED) is 0.374. The summed E-state index contributed by atoms with van der Waals surface area (Å²) in [6.45, 7) is 1.81. The third kappa shape index (κ3) is 4.49. The summed E-state index contributed by atoms with van der Waals surface area (Å²) >= 11 is 1.60. The van der Waals surface area contributed by atoms with Gasteiger partial charge in [-0.05, 0) is 48.9 Å². The minimum absolute atomic E-state index is 0.603. The van der Waals surface area contributed by atoms with Crippen LogP contribution in [0.4, 0.5) is 10.5 Å². The molecule has 0 aliphatic rings. The van der Waals surface area contributed by atoms with E-state index in [4.69, 9.17) is 9.57 Å². The maximum absolute atomic E-state index is 11.9. The van der Waals surface area contributed by atoms with Crippen LogP contribution < -0.4 is 10.1 Å². The van der Waals surface area contributed by atoms with Gasteiger partial charge in [-0.1, -0.05) is 35.5 Å². The van der Waals surface area contributed by atoms with Crippen molar-refractivity contribution >= 4 is 28.8 Å². The number of oxime groups is 1. The van der Waals surface area contributed by atoms with Gasteiger partial charge in [-0.3, -0.25) is 10.2 Å². The van der Waals surface area contributed by atoms with Crippen LogP contribution in [0.15, 0.2) is 71.9 Å². The van der Waals surface area contributed by atoms with Crippen molar-refractivity contribution in [2.45, 2.75) is 6.92 Å². The molecule has 1 heterocycles. The molecule has 132 valence electrons. The maximum Gasteiger partial charge on any atom is 0.437 e. The van der Waals surface area contributed by atoms with Crippen molar-refractivity contribution < 1.29 is 14.4 Å². The monoisotopic (exact) mass is 366 g/mol. The van der Waals surface area contributed by atoms with Gasteiger partial charge in [0.1, 0.15) is 5.75 Å². The van der Waals surface area contributed by atoms with Crippen LogP contribution in [0.25, 0.3) is 10.4 Å². The minimum Gasteiger partial charge on any atom is -0.497 e. The molecule has 26 heavy (non-hydrogen) atoms. The molecule has 0 saturated heterocycles. The van der Waals surface area contributed by atoms with E-state index in [0.717, 1.165) is 15.3 Å². The van der Waals surface area contributed by atoms with Crippen LogP contribution in [-0.4, -0.2) is 18.9 Å². The van der Waals surface area contributed by atoms with Gasteiger partial charge in [0.25, 0.3) is 0 Å². The summed E-state index contributed by atoms with van der Waals surface area (Å²) in [5.41, 5.74) is 2.39. The highest BCUT2D eigenvalue weighted by atomic mass is 32.1. The normalized spacial score (nSPS) is 11.1. The largest absolute Gasteiger partial charge is 0.497 e. The summed E-state index contributed by atoms with van der Waals surface area (Å²) in [6, 6.07) is 21.1. The van der Waals surface area contributed by atoms with Gasteiger partial charge in [-0.2, -0.15) is 0 Å². The molecule has 2 aromatic carbocycles. The topological polar surface area (TPSA) is 59.9 Å². The minimum atomic E-state index is -0.644. The van der Waals surface area contributed by atoms with Gasteiger partial charge in [0, 0.05) is 10.6 Å². The predicted molar refractivity (Wildman–Crippen MR) is 105 cm³/mol. The van der Waals surface area contributed by atoms with Crippen LogP contribution >= 0.6 is 11.3 Å². The third-order valence-corrected chi connectivity index (χ3v) is 4.87. The van der Waals surface area contributed by atoms with Crippen LogP contribution in [0.5, 0.6) is 5.75 Å². The number of rotatable bonds is 5. The Labute approximate surface area is 155 Å². The van der Waals surface area contributed by atoms with Crippen LogP contribution in [0.2, 0.25) is 0 Å². The zero-order valence-electron chi connectivity index (χ0n) is 14.4. The van der Waals surface area contributed by atoms with E-state index in [1.807, 2.05) is 30.3 Å². The SMILES string of the molecule is COc1ccc(NC(=O)O/N=C(/C)c2ccc(-c3ccccc3)s2)cc1. The number of anilines is 1. The van der Waals surface area contributed by atoms with Gasteiger partial charge in [-0.15, -0.1) is 11.3 Å². The molecule has 1 aromatic heterocycles. The average molecular weight is 366 g/mol. The summed E-state index contributed by atoms with van der Waals surface area (Å²) in [4.78, 5) is 18.9. The smallest absolute Gasteiger partial charge is 0.437 e. The van der Waals surface area contributed by atoms with Crippen LogP contribution in [0.1, 0.15) is 11.8 Å². The molecule has 0 aliphatic carbocycles. The van der Waals surface area contributed by atoms with Crippen molar-refractivity contribution in [1.82, 2.24) is 0 Å². The number of carbonyl (C=O) groups excluding carboxylic acids is 1. The van der Waals surface area contributed by atoms with E-state index >= 15 is 0 Å². The Hall–Kier alpha value is -3.12. The number of nitrogens with one attached hydrogen (secondary N) is 1. The van der Waals surface area contributed by atoms with Gasteiger partial charge in [0.15, 0.2) is 0 Å². The summed E-state index contributed by atoms with van der Waals surface area (Å²) < 4.78 is 5.07. The van der Waals surface area contributed by atoms with Crippen molar-refractivity contribution in [3.05, 3.63) is 71.6 Å².